The zero-order valence-corrected chi connectivity index (χ0v) is 7.16. The van der Waals surface area contributed by atoms with E-state index in [1.165, 1.54) is 0 Å². The van der Waals surface area contributed by atoms with Crippen LogP contribution in [-0.4, -0.2) is 23.5 Å². The molecule has 11 heavy (non-hydrogen) atoms. The van der Waals surface area contributed by atoms with Gasteiger partial charge < -0.3 is 15.6 Å². The van der Waals surface area contributed by atoms with Gasteiger partial charge in [0.1, 0.15) is 0 Å². The largest absolute Gasteiger partial charge is 0.367 e. The van der Waals surface area contributed by atoms with Crippen molar-refractivity contribution < 1.29 is 9.84 Å². The van der Waals surface area contributed by atoms with Crippen LogP contribution in [0.1, 0.15) is 26.7 Å². The molecule has 0 radical (unpaired) electrons. The molecule has 0 aromatic heterocycles. The molecule has 1 aliphatic rings. The minimum atomic E-state index is -0.760. The Morgan fingerprint density at radius 3 is 2.73 bits per heavy atom. The van der Waals surface area contributed by atoms with Crippen molar-refractivity contribution in [3.63, 3.8) is 0 Å². The third-order valence-electron chi connectivity index (χ3n) is 2.41. The number of aliphatic hydroxyl groups excluding tert-OH is 1. The highest BCUT2D eigenvalue weighted by Gasteiger charge is 2.31. The Bertz CT molecular complexity index is 117. The molecule has 0 aromatic carbocycles. The van der Waals surface area contributed by atoms with Gasteiger partial charge in [-0.1, -0.05) is 13.8 Å². The van der Waals surface area contributed by atoms with Crippen molar-refractivity contribution in [1.29, 1.82) is 0 Å². The number of aliphatic hydroxyl groups is 1. The van der Waals surface area contributed by atoms with Gasteiger partial charge in [-0.05, 0) is 18.8 Å². The lowest BCUT2D eigenvalue weighted by Crippen LogP contribution is -2.49. The van der Waals surface area contributed by atoms with Crippen molar-refractivity contribution in [2.24, 2.45) is 11.7 Å². The summed E-state index contributed by atoms with van der Waals surface area (Å²) in [6.45, 7) is 4.11. The van der Waals surface area contributed by atoms with Gasteiger partial charge >= 0.3 is 0 Å². The van der Waals surface area contributed by atoms with E-state index >= 15 is 0 Å². The molecule has 0 bridgehead atoms. The molecule has 66 valence electrons. The Morgan fingerprint density at radius 2 is 2.27 bits per heavy atom. The molecular formula is C8H17NO2. The molecule has 0 spiro atoms. The molecule has 4 unspecified atom stereocenters. The predicted molar refractivity (Wildman–Crippen MR) is 42.9 cm³/mol. The smallest absolute Gasteiger partial charge is 0.170 e. The molecule has 3 N–H and O–H groups in total. The molecule has 0 saturated carbocycles. The Balaban J connectivity index is 2.47. The van der Waals surface area contributed by atoms with E-state index in [0.717, 1.165) is 12.8 Å². The molecule has 4 atom stereocenters. The molecular weight excluding hydrogens is 142 g/mol. The van der Waals surface area contributed by atoms with E-state index in [2.05, 4.69) is 13.8 Å². The molecule has 1 saturated heterocycles. The van der Waals surface area contributed by atoms with E-state index in [-0.39, 0.29) is 12.1 Å². The second-order valence-electron chi connectivity index (χ2n) is 3.35. The average molecular weight is 159 g/mol. The standard InChI is InChI=1S/C8H17NO2/c1-3-6-4-5(2)7(9)8(10)11-6/h5-8,10H,3-4,9H2,1-2H3. The monoisotopic (exact) mass is 159 g/mol. The SMILES string of the molecule is CCC1CC(C)C(N)C(O)O1. The highest BCUT2D eigenvalue weighted by Crippen LogP contribution is 2.23. The molecule has 0 aromatic rings. The number of nitrogens with two attached hydrogens (primary N) is 1. The summed E-state index contributed by atoms with van der Waals surface area (Å²) in [5, 5.41) is 9.30. The summed E-state index contributed by atoms with van der Waals surface area (Å²) in [4.78, 5) is 0. The first-order valence-corrected chi connectivity index (χ1v) is 4.24. The van der Waals surface area contributed by atoms with Gasteiger partial charge in [-0.15, -0.1) is 0 Å². The van der Waals surface area contributed by atoms with Gasteiger partial charge in [-0.3, -0.25) is 0 Å². The van der Waals surface area contributed by atoms with Crippen molar-refractivity contribution in [3.8, 4) is 0 Å². The summed E-state index contributed by atoms with van der Waals surface area (Å²) in [5.74, 6) is 0.365. The van der Waals surface area contributed by atoms with Crippen LogP contribution in [0.4, 0.5) is 0 Å². The Hall–Kier alpha value is -0.120. The van der Waals surface area contributed by atoms with Gasteiger partial charge in [-0.2, -0.15) is 0 Å². The fourth-order valence-corrected chi connectivity index (χ4v) is 1.46. The summed E-state index contributed by atoms with van der Waals surface area (Å²) in [6, 6.07) is -0.210. The molecule has 1 aliphatic heterocycles. The van der Waals surface area contributed by atoms with E-state index in [9.17, 15) is 5.11 Å². The van der Waals surface area contributed by atoms with Gasteiger partial charge in [0.25, 0.3) is 0 Å². The Morgan fingerprint density at radius 1 is 1.64 bits per heavy atom. The minimum Gasteiger partial charge on any atom is -0.367 e. The third-order valence-corrected chi connectivity index (χ3v) is 2.41. The molecule has 3 heteroatoms. The van der Waals surface area contributed by atoms with E-state index < -0.39 is 6.29 Å². The lowest BCUT2D eigenvalue weighted by atomic mass is 9.91. The van der Waals surface area contributed by atoms with Crippen LogP contribution in [0.5, 0.6) is 0 Å². The lowest BCUT2D eigenvalue weighted by Gasteiger charge is -2.35. The maximum absolute atomic E-state index is 9.30. The van der Waals surface area contributed by atoms with Gasteiger partial charge in [0.2, 0.25) is 0 Å². The predicted octanol–water partition coefficient (Wildman–Crippen LogP) is 0.467. The van der Waals surface area contributed by atoms with Gasteiger partial charge in [0.15, 0.2) is 6.29 Å². The van der Waals surface area contributed by atoms with Crippen molar-refractivity contribution in [2.75, 3.05) is 0 Å². The van der Waals surface area contributed by atoms with E-state index in [1.807, 2.05) is 0 Å². The molecule has 1 fully saturated rings. The van der Waals surface area contributed by atoms with Gasteiger partial charge in [0.05, 0.1) is 12.1 Å². The molecule has 3 nitrogen and oxygen atoms in total. The second kappa shape index (κ2) is 3.52. The molecule has 0 amide bonds. The second-order valence-corrected chi connectivity index (χ2v) is 3.35. The first-order chi connectivity index (χ1) is 5.15. The van der Waals surface area contributed by atoms with Crippen LogP contribution in [-0.2, 0) is 4.74 Å². The topological polar surface area (TPSA) is 55.5 Å². The molecule has 0 aliphatic carbocycles. The van der Waals surface area contributed by atoms with E-state index in [1.54, 1.807) is 0 Å². The molecule has 1 heterocycles. The van der Waals surface area contributed by atoms with Crippen molar-refractivity contribution in [2.45, 2.75) is 45.1 Å². The van der Waals surface area contributed by atoms with E-state index in [0.29, 0.717) is 5.92 Å². The van der Waals surface area contributed by atoms with Crippen LogP contribution < -0.4 is 5.73 Å². The lowest BCUT2D eigenvalue weighted by molar-refractivity contribution is -0.186. The number of ether oxygens (including phenoxy) is 1. The van der Waals surface area contributed by atoms with Crippen LogP contribution in [0.15, 0.2) is 0 Å². The first kappa shape index (κ1) is 8.97. The zero-order valence-electron chi connectivity index (χ0n) is 7.16. The number of hydrogen-bond acceptors (Lipinski definition) is 3. The van der Waals surface area contributed by atoms with Crippen molar-refractivity contribution >= 4 is 0 Å². The summed E-state index contributed by atoms with van der Waals surface area (Å²) >= 11 is 0. The van der Waals surface area contributed by atoms with Crippen LogP contribution in [0.25, 0.3) is 0 Å². The maximum atomic E-state index is 9.30. The quantitative estimate of drug-likeness (QED) is 0.584. The van der Waals surface area contributed by atoms with Crippen LogP contribution >= 0.6 is 0 Å². The third kappa shape index (κ3) is 1.92. The highest BCUT2D eigenvalue weighted by molar-refractivity contribution is 4.80. The normalized spacial score (nSPS) is 45.8. The fraction of sp³-hybridized carbons (Fsp3) is 1.00. The first-order valence-electron chi connectivity index (χ1n) is 4.24. The van der Waals surface area contributed by atoms with Crippen molar-refractivity contribution in [1.82, 2.24) is 0 Å². The van der Waals surface area contributed by atoms with Crippen LogP contribution in [0.3, 0.4) is 0 Å². The van der Waals surface area contributed by atoms with Crippen LogP contribution in [0, 0.1) is 5.92 Å². The minimum absolute atomic E-state index is 0.194. The average Bonchev–Trinajstić information content (AvgIpc) is 1.99. The Kier molecular flexibility index (Phi) is 2.87. The highest BCUT2D eigenvalue weighted by atomic mass is 16.6. The summed E-state index contributed by atoms with van der Waals surface area (Å²) in [6.07, 6.45) is 1.35. The summed E-state index contributed by atoms with van der Waals surface area (Å²) < 4.78 is 5.25. The summed E-state index contributed by atoms with van der Waals surface area (Å²) in [5.41, 5.74) is 5.66. The number of hydrogen-bond donors (Lipinski definition) is 2. The molecule has 1 rings (SSSR count). The fourth-order valence-electron chi connectivity index (χ4n) is 1.46. The van der Waals surface area contributed by atoms with Crippen LogP contribution in [0.2, 0.25) is 0 Å². The Labute approximate surface area is 67.5 Å². The van der Waals surface area contributed by atoms with E-state index in [4.69, 9.17) is 10.5 Å². The summed E-state index contributed by atoms with van der Waals surface area (Å²) in [7, 11) is 0. The zero-order chi connectivity index (χ0) is 8.43. The van der Waals surface area contributed by atoms with Gasteiger partial charge in [-0.25, -0.2) is 0 Å². The number of rotatable bonds is 1. The maximum Gasteiger partial charge on any atom is 0.170 e. The van der Waals surface area contributed by atoms with Gasteiger partial charge in [0, 0.05) is 0 Å². The van der Waals surface area contributed by atoms with Crippen molar-refractivity contribution in [3.05, 3.63) is 0 Å².